The van der Waals surface area contributed by atoms with Crippen LogP contribution in [0.15, 0.2) is 60.0 Å². The minimum atomic E-state index is -0.313. The number of hydrogen-bond donors (Lipinski definition) is 0. The molecule has 0 amide bonds. The maximum Gasteiger partial charge on any atom is 0.351 e. The lowest BCUT2D eigenvalue weighted by molar-refractivity contribution is 0.0687. The summed E-state index contributed by atoms with van der Waals surface area (Å²) in [6.07, 6.45) is 4.56. The van der Waals surface area contributed by atoms with E-state index in [9.17, 15) is 4.79 Å². The Morgan fingerprint density at radius 3 is 3.09 bits per heavy atom. The molecule has 3 aromatic rings. The summed E-state index contributed by atoms with van der Waals surface area (Å²) < 4.78 is 24.7. The molecule has 0 saturated carbocycles. The third-order valence-corrected chi connectivity index (χ3v) is 5.44. The maximum absolute atomic E-state index is 12.6. The van der Waals surface area contributed by atoms with Crippen LogP contribution in [0.3, 0.4) is 0 Å². The molecule has 0 radical (unpaired) electrons. The van der Waals surface area contributed by atoms with Crippen molar-refractivity contribution in [3.05, 3.63) is 71.3 Å². The van der Waals surface area contributed by atoms with E-state index >= 15 is 0 Å². The largest absolute Gasteiger partial charge is 0.490 e. The van der Waals surface area contributed by atoms with Gasteiger partial charge in [0.2, 0.25) is 5.88 Å². The number of hydrogen-bond acceptors (Lipinski definition) is 7. The molecule has 0 bridgehead atoms. The number of pyridine rings is 1. The van der Waals surface area contributed by atoms with Gasteiger partial charge < -0.3 is 18.9 Å². The number of aromatic nitrogens is 3. The van der Waals surface area contributed by atoms with Crippen molar-refractivity contribution in [2.45, 2.75) is 25.5 Å². The highest BCUT2D eigenvalue weighted by Gasteiger charge is 2.23. The van der Waals surface area contributed by atoms with Gasteiger partial charge in [-0.25, -0.2) is 9.78 Å². The minimum Gasteiger partial charge on any atom is -0.490 e. The predicted molar refractivity (Wildman–Crippen MR) is 118 cm³/mol. The molecule has 4 heterocycles. The summed E-state index contributed by atoms with van der Waals surface area (Å²) in [6.45, 7) is 5.45. The Bertz CT molecular complexity index is 1210. The van der Waals surface area contributed by atoms with E-state index in [-0.39, 0.29) is 11.8 Å². The SMILES string of the molecule is C=CCOc1ccc2c(c1)CCn1c-2cc(OCC[C@H]2COc3ncccc3O2)nc1=O. The molecule has 2 aliphatic rings. The second-order valence-corrected chi connectivity index (χ2v) is 7.58. The zero-order valence-electron chi connectivity index (χ0n) is 17.5. The molecule has 2 aliphatic heterocycles. The lowest BCUT2D eigenvalue weighted by atomic mass is 9.97. The van der Waals surface area contributed by atoms with Crippen LogP contribution < -0.4 is 24.6 Å². The summed E-state index contributed by atoms with van der Waals surface area (Å²) in [6, 6.07) is 11.3. The normalized spacial score (nSPS) is 15.9. The summed E-state index contributed by atoms with van der Waals surface area (Å²) in [5.74, 6) is 2.23. The summed E-state index contributed by atoms with van der Waals surface area (Å²) >= 11 is 0. The van der Waals surface area contributed by atoms with Gasteiger partial charge in [0.1, 0.15) is 25.1 Å². The Balaban J connectivity index is 1.28. The molecule has 1 aromatic carbocycles. The van der Waals surface area contributed by atoms with Gasteiger partial charge >= 0.3 is 5.69 Å². The molecule has 0 unspecified atom stereocenters. The monoisotopic (exact) mass is 433 g/mol. The Hall–Kier alpha value is -3.81. The van der Waals surface area contributed by atoms with Crippen LogP contribution in [-0.4, -0.2) is 40.5 Å². The highest BCUT2D eigenvalue weighted by Crippen LogP contribution is 2.32. The zero-order chi connectivity index (χ0) is 21.9. The second kappa shape index (κ2) is 8.74. The van der Waals surface area contributed by atoms with Crippen molar-refractivity contribution in [3.63, 3.8) is 0 Å². The predicted octanol–water partition coefficient (Wildman–Crippen LogP) is 3.04. The molecule has 1 atom stereocenters. The van der Waals surface area contributed by atoms with Gasteiger partial charge in [0.25, 0.3) is 5.88 Å². The van der Waals surface area contributed by atoms with E-state index in [1.165, 1.54) is 0 Å². The third kappa shape index (κ3) is 4.03. The van der Waals surface area contributed by atoms with Crippen LogP contribution in [0.1, 0.15) is 12.0 Å². The number of rotatable bonds is 7. The van der Waals surface area contributed by atoms with Gasteiger partial charge in [-0.2, -0.15) is 4.98 Å². The Morgan fingerprint density at radius 1 is 1.25 bits per heavy atom. The molecule has 2 aromatic heterocycles. The number of nitrogens with zero attached hydrogens (tertiary/aromatic N) is 3. The van der Waals surface area contributed by atoms with Crippen molar-refractivity contribution in [2.24, 2.45) is 0 Å². The Kier molecular flexibility index (Phi) is 5.49. The molecular formula is C24H23N3O5. The van der Waals surface area contributed by atoms with Crippen molar-refractivity contribution >= 4 is 0 Å². The highest BCUT2D eigenvalue weighted by molar-refractivity contribution is 5.67. The fourth-order valence-corrected chi connectivity index (χ4v) is 3.90. The minimum absolute atomic E-state index is 0.153. The van der Waals surface area contributed by atoms with Crippen LogP contribution in [0.25, 0.3) is 11.3 Å². The van der Waals surface area contributed by atoms with Crippen molar-refractivity contribution < 1.29 is 18.9 Å². The average Bonchev–Trinajstić information content (AvgIpc) is 2.82. The second-order valence-electron chi connectivity index (χ2n) is 7.58. The first-order valence-electron chi connectivity index (χ1n) is 10.6. The summed E-state index contributed by atoms with van der Waals surface area (Å²) in [7, 11) is 0. The van der Waals surface area contributed by atoms with Gasteiger partial charge in [-0.05, 0) is 42.3 Å². The Morgan fingerprint density at radius 2 is 2.19 bits per heavy atom. The quantitative estimate of drug-likeness (QED) is 0.530. The molecule has 32 heavy (non-hydrogen) atoms. The van der Waals surface area contributed by atoms with E-state index in [0.29, 0.717) is 50.3 Å². The molecule has 0 saturated heterocycles. The Labute approximate surface area is 185 Å². The van der Waals surface area contributed by atoms with E-state index in [4.69, 9.17) is 18.9 Å². The van der Waals surface area contributed by atoms with Crippen molar-refractivity contribution in [1.29, 1.82) is 0 Å². The molecule has 5 rings (SSSR count). The topological polar surface area (TPSA) is 84.7 Å². The van der Waals surface area contributed by atoms with Crippen LogP contribution in [0.5, 0.6) is 23.3 Å². The van der Waals surface area contributed by atoms with Crippen LogP contribution in [0.4, 0.5) is 0 Å². The zero-order valence-corrected chi connectivity index (χ0v) is 17.5. The van der Waals surface area contributed by atoms with E-state index in [1.807, 2.05) is 30.3 Å². The number of ether oxygens (including phenoxy) is 4. The number of fused-ring (bicyclic) bond motifs is 4. The fourth-order valence-electron chi connectivity index (χ4n) is 3.90. The molecule has 164 valence electrons. The smallest absolute Gasteiger partial charge is 0.351 e. The van der Waals surface area contributed by atoms with Gasteiger partial charge in [-0.3, -0.25) is 4.57 Å². The molecular weight excluding hydrogens is 410 g/mol. The van der Waals surface area contributed by atoms with E-state index in [2.05, 4.69) is 16.5 Å². The molecule has 0 fully saturated rings. The first kappa shape index (κ1) is 20.1. The molecule has 8 heteroatoms. The lowest BCUT2D eigenvalue weighted by Crippen LogP contribution is -2.31. The van der Waals surface area contributed by atoms with Crippen LogP contribution in [0, 0.1) is 0 Å². The number of benzene rings is 1. The summed E-state index contributed by atoms with van der Waals surface area (Å²) in [5.41, 5.74) is 2.60. The van der Waals surface area contributed by atoms with Gasteiger partial charge in [0.05, 0.1) is 12.3 Å². The maximum atomic E-state index is 12.6. The first-order chi connectivity index (χ1) is 15.7. The van der Waals surface area contributed by atoms with Crippen LogP contribution >= 0.6 is 0 Å². The van der Waals surface area contributed by atoms with Crippen molar-refractivity contribution in [1.82, 2.24) is 14.5 Å². The number of aryl methyl sites for hydroxylation is 1. The van der Waals surface area contributed by atoms with Gasteiger partial charge in [-0.1, -0.05) is 12.7 Å². The van der Waals surface area contributed by atoms with Gasteiger partial charge in [0, 0.05) is 30.8 Å². The molecule has 8 nitrogen and oxygen atoms in total. The summed E-state index contributed by atoms with van der Waals surface area (Å²) in [5, 5.41) is 0. The third-order valence-electron chi connectivity index (χ3n) is 5.44. The van der Waals surface area contributed by atoms with E-state index in [1.54, 1.807) is 22.9 Å². The molecule has 0 N–H and O–H groups in total. The van der Waals surface area contributed by atoms with Gasteiger partial charge in [0.15, 0.2) is 5.75 Å². The van der Waals surface area contributed by atoms with E-state index < -0.39 is 0 Å². The standard InChI is InChI=1S/C24H23N3O5/c1-2-11-29-17-5-6-19-16(13-17)7-10-27-20(19)14-22(26-24(27)28)30-12-8-18-15-31-23-21(32-18)4-3-9-25-23/h2-6,9,13-14,18H,1,7-8,10-12,15H2/t18-/m0/s1. The highest BCUT2D eigenvalue weighted by atomic mass is 16.6. The van der Waals surface area contributed by atoms with E-state index in [0.717, 1.165) is 29.0 Å². The average molecular weight is 433 g/mol. The van der Waals surface area contributed by atoms with Crippen molar-refractivity contribution in [3.8, 4) is 34.5 Å². The van der Waals surface area contributed by atoms with Gasteiger partial charge in [-0.15, -0.1) is 0 Å². The van der Waals surface area contributed by atoms with Crippen LogP contribution in [-0.2, 0) is 13.0 Å². The molecule has 0 aliphatic carbocycles. The lowest BCUT2D eigenvalue weighted by Gasteiger charge is -2.25. The van der Waals surface area contributed by atoms with Crippen molar-refractivity contribution in [2.75, 3.05) is 19.8 Å². The first-order valence-corrected chi connectivity index (χ1v) is 10.6. The fraction of sp³-hybridized carbons (Fsp3) is 0.292. The summed E-state index contributed by atoms with van der Waals surface area (Å²) in [4.78, 5) is 20.8. The molecule has 0 spiro atoms. The van der Waals surface area contributed by atoms with Crippen LogP contribution in [0.2, 0.25) is 0 Å².